The standard InChI is InChI=1S/C23H23NO7S/c1-14-22(31-15-6-4-3-5-7-15)21(26)17-9-8-16(12-19(17)30-14)29-13-20(25)24-18(23(27)28)10-11-32-2/h3-9,12,18H,10-11,13H2,1-2H3,(H,24,25)(H,27,28). The number of amides is 1. The van der Waals surface area contributed by atoms with Crippen molar-refractivity contribution in [3.05, 3.63) is 64.5 Å². The van der Waals surface area contributed by atoms with Crippen LogP contribution in [0.3, 0.4) is 0 Å². The molecule has 32 heavy (non-hydrogen) atoms. The molecule has 168 valence electrons. The average Bonchev–Trinajstić information content (AvgIpc) is 2.78. The molecule has 0 aliphatic carbocycles. The summed E-state index contributed by atoms with van der Waals surface area (Å²) in [6.07, 6.45) is 2.18. The van der Waals surface area contributed by atoms with Crippen LogP contribution in [0.25, 0.3) is 11.0 Å². The first-order chi connectivity index (χ1) is 15.4. The van der Waals surface area contributed by atoms with Gasteiger partial charge in [0.05, 0.1) is 5.39 Å². The Hall–Kier alpha value is -3.46. The topological polar surface area (TPSA) is 115 Å². The van der Waals surface area contributed by atoms with Crippen LogP contribution < -0.4 is 20.2 Å². The number of nitrogens with one attached hydrogen (secondary N) is 1. The van der Waals surface area contributed by atoms with Gasteiger partial charge in [-0.25, -0.2) is 4.79 Å². The van der Waals surface area contributed by atoms with E-state index in [1.54, 1.807) is 31.2 Å². The fourth-order valence-electron chi connectivity index (χ4n) is 2.96. The summed E-state index contributed by atoms with van der Waals surface area (Å²) in [6.45, 7) is 1.26. The molecule has 0 aliphatic rings. The van der Waals surface area contributed by atoms with Gasteiger partial charge >= 0.3 is 5.97 Å². The lowest BCUT2D eigenvalue weighted by Crippen LogP contribution is -2.43. The molecule has 0 radical (unpaired) electrons. The highest BCUT2D eigenvalue weighted by Crippen LogP contribution is 2.27. The fourth-order valence-corrected chi connectivity index (χ4v) is 3.43. The molecule has 9 heteroatoms. The van der Waals surface area contributed by atoms with Crippen LogP contribution >= 0.6 is 11.8 Å². The average molecular weight is 458 g/mol. The van der Waals surface area contributed by atoms with E-state index in [9.17, 15) is 19.5 Å². The van der Waals surface area contributed by atoms with Crippen molar-refractivity contribution in [3.63, 3.8) is 0 Å². The largest absolute Gasteiger partial charge is 0.484 e. The van der Waals surface area contributed by atoms with Gasteiger partial charge in [0.25, 0.3) is 5.91 Å². The summed E-state index contributed by atoms with van der Waals surface area (Å²) in [5, 5.41) is 12.0. The van der Waals surface area contributed by atoms with Crippen LogP contribution in [0.15, 0.2) is 57.7 Å². The van der Waals surface area contributed by atoms with Crippen molar-refractivity contribution in [3.8, 4) is 17.2 Å². The molecular weight excluding hydrogens is 434 g/mol. The van der Waals surface area contributed by atoms with Crippen molar-refractivity contribution in [2.24, 2.45) is 0 Å². The third kappa shape index (κ3) is 5.82. The number of carbonyl (C=O) groups is 2. The van der Waals surface area contributed by atoms with Crippen LogP contribution in [0.1, 0.15) is 12.2 Å². The van der Waals surface area contributed by atoms with E-state index >= 15 is 0 Å². The lowest BCUT2D eigenvalue weighted by molar-refractivity contribution is -0.142. The Morgan fingerprint density at radius 3 is 2.59 bits per heavy atom. The number of hydrogen-bond acceptors (Lipinski definition) is 7. The first kappa shape index (κ1) is 23.2. The molecule has 8 nitrogen and oxygen atoms in total. The number of thioether (sulfide) groups is 1. The molecule has 0 spiro atoms. The van der Waals surface area contributed by atoms with Gasteiger partial charge < -0.3 is 24.3 Å². The highest BCUT2D eigenvalue weighted by atomic mass is 32.2. The van der Waals surface area contributed by atoms with Gasteiger partial charge in [-0.15, -0.1) is 0 Å². The number of benzene rings is 2. The third-order valence-corrected chi connectivity index (χ3v) is 5.21. The lowest BCUT2D eigenvalue weighted by Gasteiger charge is -2.14. The summed E-state index contributed by atoms with van der Waals surface area (Å²) in [5.74, 6) is 0.193. The summed E-state index contributed by atoms with van der Waals surface area (Å²) < 4.78 is 16.9. The first-order valence-corrected chi connectivity index (χ1v) is 11.2. The van der Waals surface area contributed by atoms with Crippen LogP contribution in [0.2, 0.25) is 0 Å². The molecule has 0 saturated carbocycles. The maximum absolute atomic E-state index is 12.9. The van der Waals surface area contributed by atoms with Crippen molar-refractivity contribution in [2.45, 2.75) is 19.4 Å². The minimum atomic E-state index is -1.09. The van der Waals surface area contributed by atoms with Crippen LogP contribution in [0.5, 0.6) is 17.2 Å². The Morgan fingerprint density at radius 2 is 1.91 bits per heavy atom. The van der Waals surface area contributed by atoms with Crippen LogP contribution in [-0.4, -0.2) is 41.6 Å². The number of carbonyl (C=O) groups excluding carboxylic acids is 1. The van der Waals surface area contributed by atoms with Gasteiger partial charge in [-0.1, -0.05) is 18.2 Å². The number of ether oxygens (including phenoxy) is 2. The summed E-state index contributed by atoms with van der Waals surface area (Å²) in [5.41, 5.74) is -0.0378. The molecule has 1 atom stereocenters. The maximum atomic E-state index is 12.9. The fraction of sp³-hybridized carbons (Fsp3) is 0.261. The Labute approximate surface area is 188 Å². The van der Waals surface area contributed by atoms with Gasteiger partial charge in [-0.05, 0) is 49.6 Å². The van der Waals surface area contributed by atoms with Crippen molar-refractivity contribution in [1.82, 2.24) is 5.32 Å². The Balaban J connectivity index is 1.71. The Morgan fingerprint density at radius 1 is 1.16 bits per heavy atom. The number of aryl methyl sites for hydroxylation is 1. The number of hydrogen-bond donors (Lipinski definition) is 2. The number of rotatable bonds is 10. The number of para-hydroxylation sites is 1. The molecule has 0 saturated heterocycles. The van der Waals surface area contributed by atoms with E-state index in [1.807, 2.05) is 12.3 Å². The summed E-state index contributed by atoms with van der Waals surface area (Å²) in [4.78, 5) is 36.2. The van der Waals surface area contributed by atoms with Gasteiger partial charge in [-0.3, -0.25) is 9.59 Å². The second-order valence-electron chi connectivity index (χ2n) is 6.92. The predicted octanol–water partition coefficient (Wildman–Crippen LogP) is 3.60. The maximum Gasteiger partial charge on any atom is 0.326 e. The molecule has 2 N–H and O–H groups in total. The van der Waals surface area contributed by atoms with Gasteiger partial charge in [0.1, 0.15) is 28.9 Å². The second-order valence-corrected chi connectivity index (χ2v) is 7.90. The lowest BCUT2D eigenvalue weighted by atomic mass is 10.2. The van der Waals surface area contributed by atoms with Crippen LogP contribution in [0.4, 0.5) is 0 Å². The smallest absolute Gasteiger partial charge is 0.326 e. The van der Waals surface area contributed by atoms with Crippen LogP contribution in [0, 0.1) is 6.92 Å². The summed E-state index contributed by atoms with van der Waals surface area (Å²) in [7, 11) is 0. The zero-order valence-electron chi connectivity index (χ0n) is 17.6. The molecule has 0 bridgehead atoms. The molecule has 0 fully saturated rings. The monoisotopic (exact) mass is 457 g/mol. The molecule has 2 aromatic carbocycles. The number of carboxylic acid groups (broad SMARTS) is 1. The first-order valence-electron chi connectivity index (χ1n) is 9.83. The minimum Gasteiger partial charge on any atom is -0.484 e. The predicted molar refractivity (Wildman–Crippen MR) is 122 cm³/mol. The summed E-state index contributed by atoms with van der Waals surface area (Å²) in [6, 6.07) is 12.5. The quantitative estimate of drug-likeness (QED) is 0.475. The van der Waals surface area contributed by atoms with E-state index < -0.39 is 17.9 Å². The van der Waals surface area contributed by atoms with Gasteiger partial charge in [0, 0.05) is 6.07 Å². The van der Waals surface area contributed by atoms with Crippen LogP contribution in [-0.2, 0) is 9.59 Å². The number of fused-ring (bicyclic) bond motifs is 1. The third-order valence-electron chi connectivity index (χ3n) is 4.56. The van der Waals surface area contributed by atoms with E-state index in [-0.39, 0.29) is 23.4 Å². The molecule has 3 rings (SSSR count). The number of aliphatic carboxylic acids is 1. The molecule has 0 aliphatic heterocycles. The second kappa shape index (κ2) is 10.7. The molecule has 1 unspecified atom stereocenters. The normalized spacial score (nSPS) is 11.7. The van der Waals surface area contributed by atoms with Gasteiger partial charge in [0.15, 0.2) is 6.61 Å². The van der Waals surface area contributed by atoms with Crippen molar-refractivity contribution >= 4 is 34.6 Å². The van der Waals surface area contributed by atoms with E-state index in [1.165, 1.54) is 30.0 Å². The molecule has 3 aromatic rings. The molecule has 1 amide bonds. The van der Waals surface area contributed by atoms with Crippen molar-refractivity contribution in [1.29, 1.82) is 0 Å². The zero-order valence-corrected chi connectivity index (χ0v) is 18.4. The zero-order chi connectivity index (χ0) is 23.1. The SMILES string of the molecule is CSCCC(NC(=O)COc1ccc2c(=O)c(Oc3ccccc3)c(C)oc2c1)C(=O)O. The van der Waals surface area contributed by atoms with E-state index in [0.29, 0.717) is 34.8 Å². The van der Waals surface area contributed by atoms with Crippen molar-refractivity contribution in [2.75, 3.05) is 18.6 Å². The molecule has 1 heterocycles. The van der Waals surface area contributed by atoms with E-state index in [2.05, 4.69) is 5.32 Å². The van der Waals surface area contributed by atoms with E-state index in [0.717, 1.165) is 0 Å². The minimum absolute atomic E-state index is 0.0988. The van der Waals surface area contributed by atoms with Gasteiger partial charge in [0.2, 0.25) is 11.2 Å². The highest BCUT2D eigenvalue weighted by Gasteiger charge is 2.20. The Kier molecular flexibility index (Phi) is 7.77. The van der Waals surface area contributed by atoms with Gasteiger partial charge in [-0.2, -0.15) is 11.8 Å². The summed E-state index contributed by atoms with van der Waals surface area (Å²) >= 11 is 1.50. The number of carboxylic acids is 1. The Bertz CT molecular complexity index is 1160. The molecular formula is C23H23NO7S. The van der Waals surface area contributed by atoms with E-state index in [4.69, 9.17) is 13.9 Å². The van der Waals surface area contributed by atoms with Crippen molar-refractivity contribution < 1.29 is 28.6 Å². The highest BCUT2D eigenvalue weighted by molar-refractivity contribution is 7.98. The molecule has 1 aromatic heterocycles.